The molecule has 0 aromatic heterocycles. The van der Waals surface area contributed by atoms with Crippen LogP contribution in [0.4, 0.5) is 0 Å². The quantitative estimate of drug-likeness (QED) is 0.363. The lowest BCUT2D eigenvalue weighted by Crippen LogP contribution is -2.12. The standard InChI is InChI=1S/C4H6ClNO3/c1-2-3(6-8)4(7)9-5/h8H,2H2,1H3. The van der Waals surface area contributed by atoms with Gasteiger partial charge in [-0.2, -0.15) is 0 Å². The molecule has 0 saturated heterocycles. The van der Waals surface area contributed by atoms with Gasteiger partial charge in [0.15, 0.2) is 5.71 Å². The average Bonchev–Trinajstić information content (AvgIpc) is 1.90. The lowest BCUT2D eigenvalue weighted by atomic mass is 10.3. The Morgan fingerprint density at radius 3 is 2.56 bits per heavy atom. The van der Waals surface area contributed by atoms with Crippen molar-refractivity contribution in [3.8, 4) is 0 Å². The number of nitrogens with zero attached hydrogens (tertiary/aromatic N) is 1. The van der Waals surface area contributed by atoms with Crippen LogP contribution in [0.2, 0.25) is 0 Å². The Bertz CT molecular complexity index is 134. The minimum Gasteiger partial charge on any atom is -0.410 e. The predicted octanol–water partition coefficient (Wildman–Crippen LogP) is 0.924. The van der Waals surface area contributed by atoms with Gasteiger partial charge in [-0.15, -0.1) is 0 Å². The van der Waals surface area contributed by atoms with E-state index >= 15 is 0 Å². The van der Waals surface area contributed by atoms with E-state index in [1.807, 2.05) is 0 Å². The van der Waals surface area contributed by atoms with Crippen molar-refractivity contribution in [1.29, 1.82) is 0 Å². The molecule has 1 N–H and O–H groups in total. The first kappa shape index (κ1) is 8.23. The van der Waals surface area contributed by atoms with Crippen molar-refractivity contribution in [2.24, 2.45) is 5.16 Å². The van der Waals surface area contributed by atoms with Gasteiger partial charge in [0.2, 0.25) is 0 Å². The molecule has 0 rings (SSSR count). The van der Waals surface area contributed by atoms with Crippen LogP contribution in [0.15, 0.2) is 5.16 Å². The summed E-state index contributed by atoms with van der Waals surface area (Å²) in [5.74, 6) is -0.818. The maximum absolute atomic E-state index is 10.3. The van der Waals surface area contributed by atoms with E-state index in [1.165, 1.54) is 0 Å². The molecule has 0 aliphatic heterocycles. The van der Waals surface area contributed by atoms with E-state index in [9.17, 15) is 4.79 Å². The highest BCUT2D eigenvalue weighted by molar-refractivity contribution is 6.40. The first-order valence-electron chi connectivity index (χ1n) is 2.30. The number of rotatable bonds is 2. The lowest BCUT2D eigenvalue weighted by molar-refractivity contribution is -0.126. The van der Waals surface area contributed by atoms with Crippen molar-refractivity contribution in [3.05, 3.63) is 0 Å². The van der Waals surface area contributed by atoms with Gasteiger partial charge in [0.25, 0.3) is 0 Å². The van der Waals surface area contributed by atoms with Crippen LogP contribution in [-0.4, -0.2) is 16.9 Å². The fraction of sp³-hybridized carbons (Fsp3) is 0.500. The number of carbonyl (C=O) groups excluding carboxylic acids is 1. The molecule has 0 unspecified atom stereocenters. The topological polar surface area (TPSA) is 58.9 Å². The summed E-state index contributed by atoms with van der Waals surface area (Å²) in [4.78, 5) is 10.3. The number of hydrogen-bond acceptors (Lipinski definition) is 4. The first-order valence-corrected chi connectivity index (χ1v) is 2.61. The van der Waals surface area contributed by atoms with Crippen LogP contribution in [0, 0.1) is 0 Å². The minimum absolute atomic E-state index is 0.0926. The highest BCUT2D eigenvalue weighted by Crippen LogP contribution is 1.91. The molecule has 0 radical (unpaired) electrons. The van der Waals surface area contributed by atoms with E-state index in [0.29, 0.717) is 6.42 Å². The molecule has 0 fully saturated rings. The van der Waals surface area contributed by atoms with Crippen LogP contribution in [-0.2, 0) is 9.08 Å². The van der Waals surface area contributed by atoms with Crippen molar-refractivity contribution in [3.63, 3.8) is 0 Å². The highest BCUT2D eigenvalue weighted by Gasteiger charge is 2.09. The molecule has 0 saturated carbocycles. The van der Waals surface area contributed by atoms with Gasteiger partial charge in [-0.1, -0.05) is 12.1 Å². The molecule has 9 heavy (non-hydrogen) atoms. The van der Waals surface area contributed by atoms with E-state index in [1.54, 1.807) is 6.92 Å². The zero-order valence-electron chi connectivity index (χ0n) is 4.80. The molecule has 0 bridgehead atoms. The molecule has 5 heteroatoms. The Morgan fingerprint density at radius 2 is 2.44 bits per heavy atom. The zero-order chi connectivity index (χ0) is 7.28. The third-order valence-electron chi connectivity index (χ3n) is 0.761. The summed E-state index contributed by atoms with van der Waals surface area (Å²) in [6.45, 7) is 1.64. The van der Waals surface area contributed by atoms with E-state index < -0.39 is 5.97 Å². The normalized spacial score (nSPS) is 11.1. The largest absolute Gasteiger partial charge is 0.410 e. The van der Waals surface area contributed by atoms with Gasteiger partial charge >= 0.3 is 5.97 Å². The van der Waals surface area contributed by atoms with Crippen LogP contribution >= 0.6 is 11.9 Å². The molecular formula is C4H6ClNO3. The molecule has 52 valence electrons. The van der Waals surface area contributed by atoms with Gasteiger partial charge < -0.3 is 9.50 Å². The number of carbonyl (C=O) groups is 1. The number of halogens is 1. The van der Waals surface area contributed by atoms with Crippen molar-refractivity contribution >= 4 is 23.5 Å². The predicted molar refractivity (Wildman–Crippen MR) is 31.5 cm³/mol. The lowest BCUT2D eigenvalue weighted by Gasteiger charge is -1.92. The zero-order valence-corrected chi connectivity index (χ0v) is 5.55. The second kappa shape index (κ2) is 4.14. The Hall–Kier alpha value is -0.770. The Kier molecular flexibility index (Phi) is 3.79. The molecule has 0 aliphatic rings. The summed E-state index contributed by atoms with van der Waals surface area (Å²) >= 11 is 4.66. The van der Waals surface area contributed by atoms with E-state index in [4.69, 9.17) is 5.21 Å². The van der Waals surface area contributed by atoms with Crippen molar-refractivity contribution in [2.75, 3.05) is 0 Å². The SMILES string of the molecule is CCC(=NO)C(=O)OCl. The summed E-state index contributed by atoms with van der Waals surface area (Å²) < 4.78 is 3.74. The summed E-state index contributed by atoms with van der Waals surface area (Å²) in [6, 6.07) is 0. The Morgan fingerprint density at radius 1 is 1.89 bits per heavy atom. The molecule has 0 aromatic rings. The number of oxime groups is 1. The second-order valence-electron chi connectivity index (χ2n) is 1.26. The van der Waals surface area contributed by atoms with E-state index in [-0.39, 0.29) is 5.71 Å². The molecule has 0 amide bonds. The molecule has 0 aliphatic carbocycles. The Labute approximate surface area is 57.2 Å². The second-order valence-corrected chi connectivity index (χ2v) is 1.42. The molecule has 0 heterocycles. The Balaban J connectivity index is 3.97. The smallest absolute Gasteiger partial charge is 0.374 e. The fourth-order valence-corrected chi connectivity index (χ4v) is 0.389. The van der Waals surface area contributed by atoms with Gasteiger partial charge in [0.1, 0.15) is 11.9 Å². The van der Waals surface area contributed by atoms with Crippen LogP contribution in [0.5, 0.6) is 0 Å². The maximum Gasteiger partial charge on any atom is 0.374 e. The van der Waals surface area contributed by atoms with Crippen LogP contribution in [0.25, 0.3) is 0 Å². The minimum atomic E-state index is -0.818. The van der Waals surface area contributed by atoms with Crippen molar-refractivity contribution < 1.29 is 14.3 Å². The monoisotopic (exact) mass is 151 g/mol. The van der Waals surface area contributed by atoms with E-state index in [0.717, 1.165) is 0 Å². The molecule has 4 nitrogen and oxygen atoms in total. The fourth-order valence-electron chi connectivity index (χ4n) is 0.300. The summed E-state index contributed by atoms with van der Waals surface area (Å²) in [5.41, 5.74) is -0.0926. The van der Waals surface area contributed by atoms with E-state index in [2.05, 4.69) is 21.3 Å². The molecule has 0 spiro atoms. The van der Waals surface area contributed by atoms with Gasteiger partial charge in [-0.25, -0.2) is 4.79 Å². The van der Waals surface area contributed by atoms with Gasteiger partial charge in [-0.3, -0.25) is 0 Å². The van der Waals surface area contributed by atoms with Crippen LogP contribution in [0.1, 0.15) is 13.3 Å². The van der Waals surface area contributed by atoms with Crippen molar-refractivity contribution in [1.82, 2.24) is 0 Å². The van der Waals surface area contributed by atoms with Crippen LogP contribution < -0.4 is 0 Å². The molecule has 0 aromatic carbocycles. The van der Waals surface area contributed by atoms with Crippen LogP contribution in [0.3, 0.4) is 0 Å². The summed E-state index contributed by atoms with van der Waals surface area (Å²) in [6.07, 6.45) is 0.294. The van der Waals surface area contributed by atoms with Gasteiger partial charge in [0.05, 0.1) is 0 Å². The van der Waals surface area contributed by atoms with Gasteiger partial charge in [0, 0.05) is 0 Å². The third kappa shape index (κ3) is 2.32. The average molecular weight is 152 g/mol. The third-order valence-corrected chi connectivity index (χ3v) is 0.901. The van der Waals surface area contributed by atoms with Gasteiger partial charge in [-0.05, 0) is 6.42 Å². The number of hydrogen-bond donors (Lipinski definition) is 1. The molecular weight excluding hydrogens is 146 g/mol. The molecule has 0 atom stereocenters. The van der Waals surface area contributed by atoms with Crippen molar-refractivity contribution in [2.45, 2.75) is 13.3 Å². The summed E-state index contributed by atoms with van der Waals surface area (Å²) in [7, 11) is 0. The summed E-state index contributed by atoms with van der Waals surface area (Å²) in [5, 5.41) is 10.7. The maximum atomic E-state index is 10.3. The first-order chi connectivity index (χ1) is 4.26. The highest BCUT2D eigenvalue weighted by atomic mass is 35.5.